The Morgan fingerprint density at radius 1 is 0.400 bits per heavy atom. The Balaban J connectivity index is 1.49. The molecule has 0 aromatic heterocycles. The summed E-state index contributed by atoms with van der Waals surface area (Å²) in [6.07, 6.45) is 12.3. The minimum Gasteiger partial charge on any atom is -0.0887 e. The summed E-state index contributed by atoms with van der Waals surface area (Å²) in [5.41, 5.74) is 5.61. The zero-order valence-corrected chi connectivity index (χ0v) is 28.0. The van der Waals surface area contributed by atoms with Gasteiger partial charge >= 0.3 is 0 Å². The minimum atomic E-state index is -2.12. The standard InChI is InChI=1S/C43H40P2/c1-5-43(6-2)41-29-27-37(44(3,33-19-11-7-12-20-33)34-21-13-8-14-22-34)31-39(41)40-32-38(28-30-42(40)43)45(4,35-23-15-9-16-24-35)36-25-17-10-18-26-36/h7-32H,3-6H2,1-2H3. The van der Waals surface area contributed by atoms with Gasteiger partial charge in [0, 0.05) is 5.41 Å². The van der Waals surface area contributed by atoms with Gasteiger partial charge in [0.25, 0.3) is 0 Å². The van der Waals surface area contributed by atoms with Crippen molar-refractivity contribution in [3.8, 4) is 11.1 Å². The van der Waals surface area contributed by atoms with Crippen molar-refractivity contribution in [2.45, 2.75) is 32.1 Å². The number of benzene rings is 6. The van der Waals surface area contributed by atoms with Crippen LogP contribution in [0.3, 0.4) is 0 Å². The van der Waals surface area contributed by atoms with Crippen LogP contribution in [0.4, 0.5) is 0 Å². The molecule has 0 unspecified atom stereocenters. The molecule has 7 rings (SSSR count). The molecule has 0 spiro atoms. The molecule has 6 aromatic rings. The number of rotatable bonds is 8. The van der Waals surface area contributed by atoms with Gasteiger partial charge in [0.2, 0.25) is 0 Å². The number of fused-ring (bicyclic) bond motifs is 3. The third kappa shape index (κ3) is 4.58. The number of hydrogen-bond donors (Lipinski definition) is 0. The predicted molar refractivity (Wildman–Crippen MR) is 205 cm³/mol. The van der Waals surface area contributed by atoms with E-state index in [0.717, 1.165) is 12.8 Å². The lowest BCUT2D eigenvalue weighted by Crippen LogP contribution is -2.27. The average molecular weight is 619 g/mol. The van der Waals surface area contributed by atoms with Crippen LogP contribution in [0.1, 0.15) is 37.8 Å². The highest BCUT2D eigenvalue weighted by molar-refractivity contribution is 7.93. The van der Waals surface area contributed by atoms with Crippen LogP contribution in [-0.2, 0) is 5.41 Å². The van der Waals surface area contributed by atoms with Crippen molar-refractivity contribution in [1.82, 2.24) is 0 Å². The zero-order chi connectivity index (χ0) is 31.1. The summed E-state index contributed by atoms with van der Waals surface area (Å²) in [6.45, 7) is 0.452. The zero-order valence-electron chi connectivity index (χ0n) is 26.2. The van der Waals surface area contributed by atoms with E-state index in [4.69, 9.17) is 12.6 Å². The van der Waals surface area contributed by atoms with Gasteiger partial charge in [-0.3, -0.25) is 0 Å². The topological polar surface area (TPSA) is 0 Å². The Bertz CT molecular complexity index is 1820. The van der Waals surface area contributed by atoms with Crippen LogP contribution in [0.15, 0.2) is 158 Å². The van der Waals surface area contributed by atoms with Crippen LogP contribution in [0.2, 0.25) is 0 Å². The highest BCUT2D eigenvalue weighted by atomic mass is 31.2. The Hall–Kier alpha value is -4.08. The molecule has 0 saturated heterocycles. The van der Waals surface area contributed by atoms with Crippen LogP contribution < -0.4 is 31.8 Å². The molecule has 6 aromatic carbocycles. The number of hydrogen-bond acceptors (Lipinski definition) is 0. The molecule has 0 bridgehead atoms. The summed E-state index contributed by atoms with van der Waals surface area (Å²) in [6, 6.07) is 58.3. The molecule has 0 nitrogen and oxygen atoms in total. The third-order valence-electron chi connectivity index (χ3n) is 10.2. The van der Waals surface area contributed by atoms with Gasteiger partial charge in [0.1, 0.15) is 0 Å². The summed E-state index contributed by atoms with van der Waals surface area (Å²) in [5.74, 6) is 0. The maximum absolute atomic E-state index is 5.08. The molecule has 0 fully saturated rings. The molecule has 0 atom stereocenters. The van der Waals surface area contributed by atoms with E-state index in [1.807, 2.05) is 0 Å². The highest BCUT2D eigenvalue weighted by Crippen LogP contribution is 2.55. The van der Waals surface area contributed by atoms with E-state index in [9.17, 15) is 0 Å². The molecular weight excluding hydrogens is 578 g/mol. The summed E-state index contributed by atoms with van der Waals surface area (Å²) in [7, 11) is 0. The summed E-state index contributed by atoms with van der Waals surface area (Å²) < 4.78 is 0. The van der Waals surface area contributed by atoms with Gasteiger partial charge in [-0.15, -0.1) is 0 Å². The lowest BCUT2D eigenvalue weighted by atomic mass is 9.74. The normalized spacial score (nSPS) is 13.6. The maximum atomic E-state index is 5.08. The minimum absolute atomic E-state index is 0.00867. The Labute approximate surface area is 269 Å². The second-order valence-electron chi connectivity index (χ2n) is 12.2. The Morgan fingerprint density at radius 3 is 0.956 bits per heavy atom. The van der Waals surface area contributed by atoms with Gasteiger partial charge in [0.15, 0.2) is 0 Å². The molecular formula is C43H40P2. The maximum Gasteiger partial charge on any atom is 0.0210 e. The SMILES string of the molecule is C=P(c1ccccc1)(c1ccccc1)c1ccc2c(c1)-c1cc(P(=C)(c3ccccc3)c3ccccc3)ccc1C2(CC)CC. The second kappa shape index (κ2) is 11.7. The molecule has 45 heavy (non-hydrogen) atoms. The lowest BCUT2D eigenvalue weighted by molar-refractivity contribution is 0.490. The van der Waals surface area contributed by atoms with Crippen molar-refractivity contribution in [3.05, 3.63) is 169 Å². The fraction of sp³-hybridized carbons (Fsp3) is 0.116. The largest absolute Gasteiger partial charge is 0.0887 e. The lowest BCUT2D eigenvalue weighted by Gasteiger charge is -2.31. The van der Waals surface area contributed by atoms with E-state index in [1.54, 1.807) is 0 Å². The van der Waals surface area contributed by atoms with Crippen LogP contribution >= 0.6 is 13.8 Å². The van der Waals surface area contributed by atoms with E-state index in [0.29, 0.717) is 0 Å². The van der Waals surface area contributed by atoms with E-state index < -0.39 is 13.8 Å². The smallest absolute Gasteiger partial charge is 0.0210 e. The first-order chi connectivity index (χ1) is 22.0. The van der Waals surface area contributed by atoms with Gasteiger partial charge in [-0.05, 0) is 92.8 Å². The molecule has 0 N–H and O–H groups in total. The van der Waals surface area contributed by atoms with Crippen molar-refractivity contribution in [2.75, 3.05) is 0 Å². The van der Waals surface area contributed by atoms with Gasteiger partial charge in [0.05, 0.1) is 0 Å². The summed E-state index contributed by atoms with van der Waals surface area (Å²) >= 11 is 0. The first-order valence-corrected chi connectivity index (χ1v) is 19.9. The predicted octanol–water partition coefficient (Wildman–Crippen LogP) is 8.22. The summed E-state index contributed by atoms with van der Waals surface area (Å²) in [4.78, 5) is 0. The van der Waals surface area contributed by atoms with Crippen LogP contribution in [-0.4, -0.2) is 12.6 Å². The van der Waals surface area contributed by atoms with Gasteiger partial charge in [-0.2, -0.15) is 0 Å². The van der Waals surface area contributed by atoms with Gasteiger partial charge < -0.3 is 0 Å². The second-order valence-corrected chi connectivity index (χ2v) is 18.5. The van der Waals surface area contributed by atoms with Crippen molar-refractivity contribution in [3.63, 3.8) is 0 Å². The molecule has 1 aliphatic rings. The Morgan fingerprint density at radius 2 is 0.689 bits per heavy atom. The molecule has 2 heteroatoms. The van der Waals surface area contributed by atoms with Crippen molar-refractivity contribution in [1.29, 1.82) is 0 Å². The van der Waals surface area contributed by atoms with Crippen molar-refractivity contribution < 1.29 is 0 Å². The molecule has 1 aliphatic carbocycles. The molecule has 222 valence electrons. The van der Waals surface area contributed by atoms with E-state index in [-0.39, 0.29) is 5.41 Å². The van der Waals surface area contributed by atoms with Gasteiger partial charge in [-0.1, -0.05) is 172 Å². The van der Waals surface area contributed by atoms with Crippen LogP contribution in [0.5, 0.6) is 0 Å². The molecule has 0 heterocycles. The average Bonchev–Trinajstić information content (AvgIpc) is 3.41. The fourth-order valence-electron chi connectivity index (χ4n) is 7.60. The van der Waals surface area contributed by atoms with E-state index >= 15 is 0 Å². The summed E-state index contributed by atoms with van der Waals surface area (Å²) in [5, 5.41) is 7.85. The molecule has 0 saturated carbocycles. The Kier molecular flexibility index (Phi) is 7.70. The fourth-order valence-corrected chi connectivity index (χ4v) is 13.5. The molecule has 0 amide bonds. The van der Waals surface area contributed by atoms with Crippen LogP contribution in [0, 0.1) is 0 Å². The first-order valence-electron chi connectivity index (χ1n) is 16.0. The van der Waals surface area contributed by atoms with Crippen LogP contribution in [0.25, 0.3) is 11.1 Å². The van der Waals surface area contributed by atoms with E-state index in [1.165, 1.54) is 54.1 Å². The van der Waals surface area contributed by atoms with Gasteiger partial charge in [-0.25, -0.2) is 0 Å². The third-order valence-corrected chi connectivity index (χ3v) is 17.2. The van der Waals surface area contributed by atoms with Crippen molar-refractivity contribution >= 4 is 58.2 Å². The monoisotopic (exact) mass is 618 g/mol. The highest BCUT2D eigenvalue weighted by Gasteiger charge is 2.41. The van der Waals surface area contributed by atoms with Crippen molar-refractivity contribution in [2.24, 2.45) is 0 Å². The molecule has 0 aliphatic heterocycles. The molecule has 0 radical (unpaired) electrons. The van der Waals surface area contributed by atoms with E-state index in [2.05, 4.69) is 172 Å². The first kappa shape index (κ1) is 29.6. The quantitative estimate of drug-likeness (QED) is 0.151.